The number of hydrogen-bond acceptors (Lipinski definition) is 2. The number of aryl methyl sites for hydroxylation is 2. The van der Waals surface area contributed by atoms with Gasteiger partial charge in [-0.2, -0.15) is 0 Å². The van der Waals surface area contributed by atoms with E-state index in [9.17, 15) is 5.11 Å². The van der Waals surface area contributed by atoms with Crippen LogP contribution in [0.15, 0.2) is 35.3 Å². The minimum Gasteiger partial charge on any atom is -0.507 e. The molecule has 2 rings (SSSR count). The van der Waals surface area contributed by atoms with Crippen LogP contribution in [0.1, 0.15) is 69.4 Å². The summed E-state index contributed by atoms with van der Waals surface area (Å²) in [7, 11) is 0. The van der Waals surface area contributed by atoms with Gasteiger partial charge in [0.1, 0.15) is 5.75 Å². The summed E-state index contributed by atoms with van der Waals surface area (Å²) in [5.74, 6) is 0.328. The van der Waals surface area contributed by atoms with Gasteiger partial charge in [0.15, 0.2) is 0 Å². The third kappa shape index (κ3) is 4.50. The van der Waals surface area contributed by atoms with E-state index in [1.54, 1.807) is 6.21 Å². The Balaban J connectivity index is 2.60. The minimum absolute atomic E-state index is 0.00947. The summed E-state index contributed by atoms with van der Waals surface area (Å²) < 4.78 is 0. The van der Waals surface area contributed by atoms with Crippen LogP contribution >= 0.6 is 0 Å². The first-order chi connectivity index (χ1) is 11.4. The van der Waals surface area contributed by atoms with E-state index in [1.807, 2.05) is 0 Å². The molecular weight excluding hydrogens is 306 g/mol. The topological polar surface area (TPSA) is 32.6 Å². The number of aromatic hydroxyl groups is 1. The number of nitrogens with zero attached hydrogens (tertiary/aromatic N) is 1. The molecule has 0 unspecified atom stereocenters. The number of phenols is 1. The number of aliphatic imine (C=N–C) groups is 1. The van der Waals surface area contributed by atoms with Gasteiger partial charge in [-0.25, -0.2) is 0 Å². The lowest BCUT2D eigenvalue weighted by Crippen LogP contribution is -2.17. The Morgan fingerprint density at radius 1 is 0.880 bits per heavy atom. The summed E-state index contributed by atoms with van der Waals surface area (Å²) in [6.07, 6.45) is 1.79. The lowest BCUT2D eigenvalue weighted by molar-refractivity contribution is 0.444. The van der Waals surface area contributed by atoms with Crippen LogP contribution in [0.3, 0.4) is 0 Å². The summed E-state index contributed by atoms with van der Waals surface area (Å²) in [5.41, 5.74) is 6.07. The first-order valence-corrected chi connectivity index (χ1v) is 8.89. The highest BCUT2D eigenvalue weighted by molar-refractivity contribution is 5.87. The van der Waals surface area contributed by atoms with Crippen LogP contribution < -0.4 is 0 Å². The molecule has 0 atom stereocenters. The molecule has 0 spiro atoms. The molecule has 0 radical (unpaired) electrons. The molecule has 2 nitrogen and oxygen atoms in total. The highest BCUT2D eigenvalue weighted by Crippen LogP contribution is 2.37. The molecule has 2 aromatic carbocycles. The van der Waals surface area contributed by atoms with E-state index in [4.69, 9.17) is 0 Å². The van der Waals surface area contributed by atoms with Crippen molar-refractivity contribution in [1.29, 1.82) is 0 Å². The van der Waals surface area contributed by atoms with E-state index < -0.39 is 0 Å². The van der Waals surface area contributed by atoms with Crippen molar-refractivity contribution < 1.29 is 5.11 Å². The van der Waals surface area contributed by atoms with Crippen molar-refractivity contribution in [3.8, 4) is 5.75 Å². The van der Waals surface area contributed by atoms with Crippen LogP contribution in [0.4, 0.5) is 5.69 Å². The molecule has 2 aromatic rings. The van der Waals surface area contributed by atoms with Gasteiger partial charge < -0.3 is 5.11 Å². The second-order valence-corrected chi connectivity index (χ2v) is 9.01. The summed E-state index contributed by atoms with van der Waals surface area (Å²) in [6, 6.07) is 10.4. The zero-order valence-corrected chi connectivity index (χ0v) is 16.9. The molecule has 0 aliphatic carbocycles. The van der Waals surface area contributed by atoms with Gasteiger partial charge in [-0.15, -0.1) is 0 Å². The third-order valence-electron chi connectivity index (χ3n) is 4.52. The summed E-state index contributed by atoms with van der Waals surface area (Å²) in [4.78, 5) is 4.66. The van der Waals surface area contributed by atoms with Crippen molar-refractivity contribution in [3.63, 3.8) is 0 Å². The smallest absolute Gasteiger partial charge is 0.128 e. The Morgan fingerprint density at radius 2 is 1.52 bits per heavy atom. The monoisotopic (exact) mass is 337 g/mol. The van der Waals surface area contributed by atoms with Gasteiger partial charge in [-0.05, 0) is 53.5 Å². The first kappa shape index (κ1) is 19.2. The molecule has 0 saturated carbocycles. The first-order valence-electron chi connectivity index (χ1n) is 8.89. The summed E-state index contributed by atoms with van der Waals surface area (Å²) in [5, 5.41) is 10.8. The third-order valence-corrected chi connectivity index (χ3v) is 4.52. The van der Waals surface area contributed by atoms with E-state index >= 15 is 0 Å². The SMILES string of the molecule is Cc1ccc(C)c(N=Cc2cc(C(C)(C)C)cc(C(C)(C)C)c2O)c1. The molecule has 0 aliphatic heterocycles. The molecule has 134 valence electrons. The van der Waals surface area contributed by atoms with Crippen LogP contribution in [0.2, 0.25) is 0 Å². The highest BCUT2D eigenvalue weighted by Gasteiger charge is 2.24. The fourth-order valence-corrected chi connectivity index (χ4v) is 2.76. The van der Waals surface area contributed by atoms with E-state index in [1.165, 1.54) is 11.1 Å². The van der Waals surface area contributed by atoms with Gasteiger partial charge >= 0.3 is 0 Å². The van der Waals surface area contributed by atoms with E-state index in [2.05, 4.69) is 90.7 Å². The van der Waals surface area contributed by atoms with Crippen LogP contribution in [-0.2, 0) is 10.8 Å². The van der Waals surface area contributed by atoms with Crippen LogP contribution in [0.25, 0.3) is 0 Å². The number of hydrogen-bond donors (Lipinski definition) is 1. The molecule has 0 fully saturated rings. The second kappa shape index (κ2) is 6.67. The predicted molar refractivity (Wildman–Crippen MR) is 109 cm³/mol. The highest BCUT2D eigenvalue weighted by atomic mass is 16.3. The lowest BCUT2D eigenvalue weighted by atomic mass is 9.79. The lowest BCUT2D eigenvalue weighted by Gasteiger charge is -2.27. The fraction of sp³-hybridized carbons (Fsp3) is 0.435. The average Bonchev–Trinajstić information content (AvgIpc) is 2.47. The second-order valence-electron chi connectivity index (χ2n) is 9.01. The predicted octanol–water partition coefficient (Wildman–Crippen LogP) is 6.35. The van der Waals surface area contributed by atoms with Crippen molar-refractivity contribution in [2.24, 2.45) is 4.99 Å². The fourth-order valence-electron chi connectivity index (χ4n) is 2.76. The maximum atomic E-state index is 10.8. The Kier molecular flexibility index (Phi) is 5.13. The molecule has 0 aliphatic rings. The quantitative estimate of drug-likeness (QED) is 0.636. The molecule has 25 heavy (non-hydrogen) atoms. The summed E-state index contributed by atoms with van der Waals surface area (Å²) >= 11 is 0. The zero-order chi connectivity index (χ0) is 19.0. The van der Waals surface area contributed by atoms with E-state index in [-0.39, 0.29) is 10.8 Å². The molecule has 0 saturated heterocycles. The van der Waals surface area contributed by atoms with E-state index in [0.29, 0.717) is 5.75 Å². The number of benzene rings is 2. The van der Waals surface area contributed by atoms with Gasteiger partial charge in [0.25, 0.3) is 0 Å². The minimum atomic E-state index is -0.132. The summed E-state index contributed by atoms with van der Waals surface area (Å²) in [6.45, 7) is 17.1. The van der Waals surface area contributed by atoms with Crippen molar-refractivity contribution in [1.82, 2.24) is 0 Å². The molecular formula is C23H31NO. The molecule has 1 N–H and O–H groups in total. The van der Waals surface area contributed by atoms with Gasteiger partial charge in [-0.1, -0.05) is 59.7 Å². The van der Waals surface area contributed by atoms with Crippen LogP contribution in [-0.4, -0.2) is 11.3 Å². The maximum Gasteiger partial charge on any atom is 0.128 e. The average molecular weight is 338 g/mol. The number of phenolic OH excluding ortho intramolecular Hbond substituents is 1. The van der Waals surface area contributed by atoms with Gasteiger partial charge in [0, 0.05) is 17.3 Å². The zero-order valence-electron chi connectivity index (χ0n) is 16.9. The largest absolute Gasteiger partial charge is 0.507 e. The molecule has 0 amide bonds. The molecule has 0 aromatic heterocycles. The Labute approximate surface area is 152 Å². The van der Waals surface area contributed by atoms with Crippen molar-refractivity contribution in [3.05, 3.63) is 58.1 Å². The van der Waals surface area contributed by atoms with Crippen LogP contribution in [0, 0.1) is 13.8 Å². The molecule has 0 heterocycles. The van der Waals surface area contributed by atoms with Gasteiger partial charge in [0.2, 0.25) is 0 Å². The van der Waals surface area contributed by atoms with Crippen LogP contribution in [0.5, 0.6) is 5.75 Å². The van der Waals surface area contributed by atoms with E-state index in [0.717, 1.165) is 22.4 Å². The standard InChI is InChI=1S/C23H31NO/c1-15-9-10-16(2)20(11-15)24-14-17-12-18(22(3,4)5)13-19(21(17)25)23(6,7)8/h9-14,25H,1-8H3. The number of rotatable bonds is 2. The Bertz CT molecular complexity index is 802. The van der Waals surface area contributed by atoms with Crippen molar-refractivity contribution >= 4 is 11.9 Å². The Morgan fingerprint density at radius 3 is 2.08 bits per heavy atom. The normalized spacial score (nSPS) is 12.8. The molecule has 0 bridgehead atoms. The van der Waals surface area contributed by atoms with Crippen molar-refractivity contribution in [2.45, 2.75) is 66.2 Å². The van der Waals surface area contributed by atoms with Crippen molar-refractivity contribution in [2.75, 3.05) is 0 Å². The van der Waals surface area contributed by atoms with Gasteiger partial charge in [0.05, 0.1) is 5.69 Å². The molecule has 2 heteroatoms. The van der Waals surface area contributed by atoms with Gasteiger partial charge in [-0.3, -0.25) is 4.99 Å². The maximum absolute atomic E-state index is 10.8. The Hall–Kier alpha value is -2.09.